The molecule has 118 valence electrons. The van der Waals surface area contributed by atoms with Crippen molar-refractivity contribution in [2.24, 2.45) is 5.73 Å². The number of halogens is 1. The molecule has 1 aromatic rings. The van der Waals surface area contributed by atoms with Gasteiger partial charge in [0.15, 0.2) is 0 Å². The monoisotopic (exact) mass is 292 g/mol. The fraction of sp³-hybridized carbons (Fsp3) is 0.667. The van der Waals surface area contributed by atoms with Gasteiger partial charge < -0.3 is 5.73 Å². The summed E-state index contributed by atoms with van der Waals surface area (Å²) >= 11 is 0. The van der Waals surface area contributed by atoms with E-state index in [4.69, 9.17) is 5.73 Å². The summed E-state index contributed by atoms with van der Waals surface area (Å²) in [6.45, 7) is 10.3. The Morgan fingerprint density at radius 2 is 1.67 bits per heavy atom. The Morgan fingerprint density at radius 1 is 1.10 bits per heavy atom. The van der Waals surface area contributed by atoms with Gasteiger partial charge in [0, 0.05) is 11.1 Å². The Kier molecular flexibility index (Phi) is 5.05. The van der Waals surface area contributed by atoms with Crippen LogP contribution in [0.2, 0.25) is 0 Å². The Labute approximate surface area is 128 Å². The normalized spacial score (nSPS) is 19.3. The van der Waals surface area contributed by atoms with Crippen molar-refractivity contribution in [3.63, 3.8) is 0 Å². The molecule has 0 aromatic heterocycles. The summed E-state index contributed by atoms with van der Waals surface area (Å²) in [7, 11) is 0. The molecule has 1 unspecified atom stereocenters. The number of nitrogens with two attached hydrogens (primary N) is 1. The second kappa shape index (κ2) is 6.45. The molecule has 1 aliphatic rings. The van der Waals surface area contributed by atoms with Crippen LogP contribution >= 0.6 is 0 Å². The van der Waals surface area contributed by atoms with Crippen LogP contribution in [0.1, 0.15) is 62.3 Å². The Hall–Kier alpha value is -0.930. The van der Waals surface area contributed by atoms with Crippen LogP contribution < -0.4 is 5.73 Å². The van der Waals surface area contributed by atoms with E-state index in [0.29, 0.717) is 5.56 Å². The third-order valence-electron chi connectivity index (χ3n) is 4.97. The second-order valence-corrected chi connectivity index (χ2v) is 7.01. The molecule has 2 N–H and O–H groups in total. The number of hydrogen-bond donors (Lipinski definition) is 1. The first-order chi connectivity index (χ1) is 9.84. The van der Waals surface area contributed by atoms with E-state index in [2.05, 4.69) is 18.7 Å². The summed E-state index contributed by atoms with van der Waals surface area (Å²) < 4.78 is 14.4. The minimum Gasteiger partial charge on any atom is -0.322 e. The maximum absolute atomic E-state index is 14.4. The number of aryl methyl sites for hydroxylation is 2. The van der Waals surface area contributed by atoms with Gasteiger partial charge in [0.05, 0.1) is 6.04 Å². The van der Waals surface area contributed by atoms with E-state index in [0.717, 1.165) is 24.2 Å². The summed E-state index contributed by atoms with van der Waals surface area (Å²) in [5, 5.41) is 0. The first-order valence-corrected chi connectivity index (χ1v) is 8.11. The topological polar surface area (TPSA) is 29.3 Å². The van der Waals surface area contributed by atoms with Crippen LogP contribution in [-0.2, 0) is 0 Å². The van der Waals surface area contributed by atoms with Crippen molar-refractivity contribution in [3.8, 4) is 0 Å². The van der Waals surface area contributed by atoms with Gasteiger partial charge in [0.1, 0.15) is 5.82 Å². The van der Waals surface area contributed by atoms with E-state index < -0.39 is 0 Å². The first kappa shape index (κ1) is 16.4. The van der Waals surface area contributed by atoms with Gasteiger partial charge in [0.25, 0.3) is 0 Å². The van der Waals surface area contributed by atoms with E-state index in [-0.39, 0.29) is 17.4 Å². The van der Waals surface area contributed by atoms with Crippen molar-refractivity contribution in [2.75, 3.05) is 13.1 Å². The zero-order chi connectivity index (χ0) is 15.6. The van der Waals surface area contributed by atoms with Gasteiger partial charge in [-0.05, 0) is 70.8 Å². The lowest BCUT2D eigenvalue weighted by molar-refractivity contribution is 0.0965. The molecular weight excluding hydrogens is 263 g/mol. The number of nitrogens with zero attached hydrogens (tertiary/aromatic N) is 1. The van der Waals surface area contributed by atoms with Crippen molar-refractivity contribution in [1.82, 2.24) is 4.90 Å². The highest BCUT2D eigenvalue weighted by molar-refractivity contribution is 5.36. The molecule has 1 saturated heterocycles. The average Bonchev–Trinajstić information content (AvgIpc) is 2.66. The van der Waals surface area contributed by atoms with Crippen molar-refractivity contribution >= 4 is 0 Å². The molecule has 2 nitrogen and oxygen atoms in total. The lowest BCUT2D eigenvalue weighted by Crippen LogP contribution is -2.52. The summed E-state index contributed by atoms with van der Waals surface area (Å²) in [6, 6.07) is 3.31. The largest absolute Gasteiger partial charge is 0.322 e. The SMILES string of the molecule is Cc1cc(C)c(C(N)C(C)(C)N2CCCCCC2)c(F)c1. The lowest BCUT2D eigenvalue weighted by atomic mass is 9.84. The average molecular weight is 292 g/mol. The molecule has 1 atom stereocenters. The maximum Gasteiger partial charge on any atom is 0.128 e. The van der Waals surface area contributed by atoms with Gasteiger partial charge in [-0.3, -0.25) is 4.90 Å². The zero-order valence-corrected chi connectivity index (χ0v) is 13.9. The van der Waals surface area contributed by atoms with Crippen LogP contribution in [0.25, 0.3) is 0 Å². The molecule has 1 fully saturated rings. The van der Waals surface area contributed by atoms with Crippen LogP contribution in [0, 0.1) is 19.7 Å². The van der Waals surface area contributed by atoms with Crippen LogP contribution in [0.15, 0.2) is 12.1 Å². The van der Waals surface area contributed by atoms with Crippen molar-refractivity contribution in [2.45, 2.75) is 65.0 Å². The molecule has 2 rings (SSSR count). The Bertz CT molecular complexity index is 465. The van der Waals surface area contributed by atoms with E-state index in [1.807, 2.05) is 19.9 Å². The molecule has 21 heavy (non-hydrogen) atoms. The summed E-state index contributed by atoms with van der Waals surface area (Å²) in [5.41, 5.74) is 8.88. The molecule has 1 aliphatic heterocycles. The smallest absolute Gasteiger partial charge is 0.128 e. The van der Waals surface area contributed by atoms with Crippen molar-refractivity contribution in [3.05, 3.63) is 34.6 Å². The number of hydrogen-bond acceptors (Lipinski definition) is 2. The van der Waals surface area contributed by atoms with Gasteiger partial charge in [0.2, 0.25) is 0 Å². The second-order valence-electron chi connectivity index (χ2n) is 7.01. The van der Waals surface area contributed by atoms with E-state index in [1.54, 1.807) is 6.07 Å². The molecule has 0 radical (unpaired) electrons. The number of rotatable bonds is 3. The van der Waals surface area contributed by atoms with E-state index in [9.17, 15) is 4.39 Å². The van der Waals surface area contributed by atoms with Crippen LogP contribution in [0.3, 0.4) is 0 Å². The fourth-order valence-corrected chi connectivity index (χ4v) is 3.52. The lowest BCUT2D eigenvalue weighted by Gasteiger charge is -2.43. The van der Waals surface area contributed by atoms with Crippen molar-refractivity contribution < 1.29 is 4.39 Å². The van der Waals surface area contributed by atoms with Crippen LogP contribution in [0.4, 0.5) is 4.39 Å². The third kappa shape index (κ3) is 3.46. The molecule has 3 heteroatoms. The molecule has 0 saturated carbocycles. The highest BCUT2D eigenvalue weighted by Crippen LogP contribution is 2.34. The summed E-state index contributed by atoms with van der Waals surface area (Å²) in [5.74, 6) is -0.164. The molecule has 0 amide bonds. The highest BCUT2D eigenvalue weighted by atomic mass is 19.1. The summed E-state index contributed by atoms with van der Waals surface area (Å²) in [6.07, 6.45) is 5.01. The molecule has 0 aliphatic carbocycles. The molecule has 0 spiro atoms. The van der Waals surface area contributed by atoms with E-state index >= 15 is 0 Å². The summed E-state index contributed by atoms with van der Waals surface area (Å²) in [4.78, 5) is 2.45. The van der Waals surface area contributed by atoms with Gasteiger partial charge in [-0.1, -0.05) is 18.9 Å². The van der Waals surface area contributed by atoms with E-state index in [1.165, 1.54) is 25.7 Å². The quantitative estimate of drug-likeness (QED) is 0.909. The fourth-order valence-electron chi connectivity index (χ4n) is 3.52. The number of likely N-dealkylation sites (tertiary alicyclic amines) is 1. The number of benzene rings is 1. The third-order valence-corrected chi connectivity index (χ3v) is 4.97. The highest BCUT2D eigenvalue weighted by Gasteiger charge is 2.36. The van der Waals surface area contributed by atoms with Gasteiger partial charge in [-0.25, -0.2) is 4.39 Å². The molecule has 1 heterocycles. The predicted molar refractivity (Wildman–Crippen MR) is 86.9 cm³/mol. The minimum absolute atomic E-state index is 0.164. The zero-order valence-electron chi connectivity index (χ0n) is 13.9. The predicted octanol–water partition coefficient (Wildman–Crippen LogP) is 4.10. The standard InChI is InChI=1S/C18H29FN2/c1-13-11-14(2)16(15(19)12-13)17(20)18(3,4)21-9-7-5-6-8-10-21/h11-12,17H,5-10,20H2,1-4H3. The van der Waals surface area contributed by atoms with Crippen LogP contribution in [0.5, 0.6) is 0 Å². The molecular formula is C18H29FN2. The minimum atomic E-state index is -0.309. The molecule has 1 aromatic carbocycles. The van der Waals surface area contributed by atoms with Gasteiger partial charge >= 0.3 is 0 Å². The van der Waals surface area contributed by atoms with Crippen molar-refractivity contribution in [1.29, 1.82) is 0 Å². The molecule has 0 bridgehead atoms. The van der Waals surface area contributed by atoms with Gasteiger partial charge in [-0.2, -0.15) is 0 Å². The van der Waals surface area contributed by atoms with Crippen LogP contribution in [-0.4, -0.2) is 23.5 Å². The first-order valence-electron chi connectivity index (χ1n) is 8.11. The Balaban J connectivity index is 2.30. The van der Waals surface area contributed by atoms with Gasteiger partial charge in [-0.15, -0.1) is 0 Å². The Morgan fingerprint density at radius 3 is 2.19 bits per heavy atom. The maximum atomic E-state index is 14.4.